The Morgan fingerprint density at radius 1 is 0.667 bits per heavy atom. The zero-order valence-corrected chi connectivity index (χ0v) is 20.0. The smallest absolute Gasteiger partial charge is 0.119 e. The standard InChI is InChI=1S/C29H48O/c1-3-5-7-9-23-30-29-21-19-28(20-22-29)27-17-15-26(16-18-27)25-13-11-24(12-14-25)10-8-6-4-2/h19-22,24-27H,3-18,23H2,1-2H3. The third-order valence-electron chi connectivity index (χ3n) is 8.16. The Morgan fingerprint density at radius 2 is 1.27 bits per heavy atom. The number of hydrogen-bond donors (Lipinski definition) is 0. The zero-order valence-electron chi connectivity index (χ0n) is 20.0. The third kappa shape index (κ3) is 7.61. The number of benzene rings is 1. The summed E-state index contributed by atoms with van der Waals surface area (Å²) in [4.78, 5) is 0. The highest BCUT2D eigenvalue weighted by molar-refractivity contribution is 5.29. The van der Waals surface area contributed by atoms with Crippen molar-refractivity contribution in [2.45, 2.75) is 122 Å². The van der Waals surface area contributed by atoms with Crippen LogP contribution >= 0.6 is 0 Å². The molecule has 0 atom stereocenters. The van der Waals surface area contributed by atoms with Crippen LogP contribution in [0.2, 0.25) is 0 Å². The molecule has 1 heteroatoms. The average molecular weight is 413 g/mol. The van der Waals surface area contributed by atoms with E-state index in [1.807, 2.05) is 0 Å². The second-order valence-electron chi connectivity index (χ2n) is 10.4. The summed E-state index contributed by atoms with van der Waals surface area (Å²) < 4.78 is 5.93. The molecule has 30 heavy (non-hydrogen) atoms. The van der Waals surface area contributed by atoms with Crippen LogP contribution in [0.4, 0.5) is 0 Å². The molecule has 0 aromatic heterocycles. The van der Waals surface area contributed by atoms with E-state index in [9.17, 15) is 0 Å². The van der Waals surface area contributed by atoms with Gasteiger partial charge in [-0.1, -0.05) is 83.8 Å². The van der Waals surface area contributed by atoms with Crippen molar-refractivity contribution in [1.82, 2.24) is 0 Å². The largest absolute Gasteiger partial charge is 0.494 e. The van der Waals surface area contributed by atoms with Crippen molar-refractivity contribution < 1.29 is 4.74 Å². The molecule has 2 aliphatic rings. The molecule has 0 saturated heterocycles. The van der Waals surface area contributed by atoms with Gasteiger partial charge < -0.3 is 4.74 Å². The Hall–Kier alpha value is -0.980. The van der Waals surface area contributed by atoms with Crippen LogP contribution < -0.4 is 4.74 Å². The van der Waals surface area contributed by atoms with Gasteiger partial charge >= 0.3 is 0 Å². The van der Waals surface area contributed by atoms with Crippen molar-refractivity contribution in [3.8, 4) is 5.75 Å². The van der Waals surface area contributed by atoms with Crippen LogP contribution in [0.25, 0.3) is 0 Å². The molecule has 0 unspecified atom stereocenters. The van der Waals surface area contributed by atoms with Gasteiger partial charge in [0, 0.05) is 0 Å². The van der Waals surface area contributed by atoms with Gasteiger partial charge in [-0.25, -0.2) is 0 Å². The topological polar surface area (TPSA) is 9.23 Å². The Kier molecular flexibility index (Phi) is 10.6. The van der Waals surface area contributed by atoms with Crippen LogP contribution in [0.5, 0.6) is 5.75 Å². The van der Waals surface area contributed by atoms with Crippen molar-refractivity contribution in [1.29, 1.82) is 0 Å². The molecule has 0 N–H and O–H groups in total. The lowest BCUT2D eigenvalue weighted by atomic mass is 9.68. The van der Waals surface area contributed by atoms with E-state index in [2.05, 4.69) is 38.1 Å². The van der Waals surface area contributed by atoms with E-state index in [0.717, 1.165) is 36.0 Å². The van der Waals surface area contributed by atoms with E-state index in [0.29, 0.717) is 0 Å². The Balaban J connectivity index is 1.34. The first-order valence-corrected chi connectivity index (χ1v) is 13.5. The molecular weight excluding hydrogens is 364 g/mol. The summed E-state index contributed by atoms with van der Waals surface area (Å²) >= 11 is 0. The normalized spacial score (nSPS) is 27.1. The fraction of sp³-hybridized carbons (Fsp3) is 0.793. The molecule has 1 nitrogen and oxygen atoms in total. The summed E-state index contributed by atoms with van der Waals surface area (Å²) in [5, 5.41) is 0. The van der Waals surface area contributed by atoms with Crippen molar-refractivity contribution in [3.63, 3.8) is 0 Å². The second kappa shape index (κ2) is 13.4. The van der Waals surface area contributed by atoms with E-state index in [4.69, 9.17) is 4.74 Å². The summed E-state index contributed by atoms with van der Waals surface area (Å²) in [5.74, 6) is 4.95. The Morgan fingerprint density at radius 3 is 1.90 bits per heavy atom. The Bertz CT molecular complexity index is 546. The molecule has 0 aliphatic heterocycles. The van der Waals surface area contributed by atoms with Crippen molar-refractivity contribution in [2.24, 2.45) is 17.8 Å². The SMILES string of the molecule is CCCCCCOc1ccc(C2CCC(C3CCC(CCCCC)CC3)CC2)cc1. The second-order valence-corrected chi connectivity index (χ2v) is 10.4. The van der Waals surface area contributed by atoms with Crippen LogP contribution in [-0.4, -0.2) is 6.61 Å². The van der Waals surface area contributed by atoms with Gasteiger partial charge in [0.1, 0.15) is 5.75 Å². The maximum atomic E-state index is 5.93. The number of hydrogen-bond acceptors (Lipinski definition) is 1. The zero-order chi connectivity index (χ0) is 21.0. The van der Waals surface area contributed by atoms with Gasteiger partial charge in [0.15, 0.2) is 0 Å². The van der Waals surface area contributed by atoms with E-state index in [-0.39, 0.29) is 0 Å². The van der Waals surface area contributed by atoms with Crippen molar-refractivity contribution in [2.75, 3.05) is 6.61 Å². The van der Waals surface area contributed by atoms with Gasteiger partial charge in [-0.15, -0.1) is 0 Å². The van der Waals surface area contributed by atoms with Gasteiger partial charge in [-0.05, 0) is 86.3 Å². The van der Waals surface area contributed by atoms with Gasteiger partial charge in [-0.3, -0.25) is 0 Å². The summed E-state index contributed by atoms with van der Waals surface area (Å²) in [6.07, 6.45) is 22.7. The molecule has 0 spiro atoms. The maximum absolute atomic E-state index is 5.93. The quantitative estimate of drug-likeness (QED) is 0.311. The van der Waals surface area contributed by atoms with Crippen LogP contribution in [-0.2, 0) is 0 Å². The van der Waals surface area contributed by atoms with E-state index in [1.165, 1.54) is 103 Å². The molecule has 0 amide bonds. The number of ether oxygens (including phenoxy) is 1. The molecular formula is C29H48O. The first kappa shape index (κ1) is 23.7. The highest BCUT2D eigenvalue weighted by atomic mass is 16.5. The van der Waals surface area contributed by atoms with E-state index in [1.54, 1.807) is 5.56 Å². The van der Waals surface area contributed by atoms with Crippen LogP contribution in [0.15, 0.2) is 24.3 Å². The molecule has 170 valence electrons. The molecule has 0 bridgehead atoms. The minimum atomic E-state index is 0.783. The van der Waals surface area contributed by atoms with Gasteiger partial charge in [0.25, 0.3) is 0 Å². The van der Waals surface area contributed by atoms with E-state index >= 15 is 0 Å². The number of rotatable bonds is 12. The van der Waals surface area contributed by atoms with Gasteiger partial charge in [0.05, 0.1) is 6.61 Å². The lowest BCUT2D eigenvalue weighted by Crippen LogP contribution is -2.25. The lowest BCUT2D eigenvalue weighted by molar-refractivity contribution is 0.155. The molecule has 2 aliphatic carbocycles. The van der Waals surface area contributed by atoms with Crippen molar-refractivity contribution >= 4 is 0 Å². The molecule has 3 rings (SSSR count). The maximum Gasteiger partial charge on any atom is 0.119 e. The summed E-state index contributed by atoms with van der Waals surface area (Å²) in [6, 6.07) is 9.10. The first-order chi connectivity index (χ1) is 14.8. The van der Waals surface area contributed by atoms with E-state index < -0.39 is 0 Å². The first-order valence-electron chi connectivity index (χ1n) is 13.5. The average Bonchev–Trinajstić information content (AvgIpc) is 2.80. The van der Waals surface area contributed by atoms with Crippen LogP contribution in [0.3, 0.4) is 0 Å². The molecule has 0 radical (unpaired) electrons. The molecule has 2 saturated carbocycles. The summed E-state index contributed by atoms with van der Waals surface area (Å²) in [7, 11) is 0. The monoisotopic (exact) mass is 412 g/mol. The minimum Gasteiger partial charge on any atom is -0.494 e. The van der Waals surface area contributed by atoms with Gasteiger partial charge in [0.2, 0.25) is 0 Å². The minimum absolute atomic E-state index is 0.783. The fourth-order valence-corrected chi connectivity index (χ4v) is 6.11. The molecule has 1 aromatic carbocycles. The van der Waals surface area contributed by atoms with Crippen LogP contribution in [0.1, 0.15) is 128 Å². The molecule has 2 fully saturated rings. The fourth-order valence-electron chi connectivity index (χ4n) is 6.11. The third-order valence-corrected chi connectivity index (χ3v) is 8.16. The predicted octanol–water partition coefficient (Wildman–Crippen LogP) is 9.31. The molecule has 1 aromatic rings. The highest BCUT2D eigenvalue weighted by Crippen LogP contribution is 2.44. The summed E-state index contributed by atoms with van der Waals surface area (Å²) in [5.41, 5.74) is 1.55. The highest BCUT2D eigenvalue weighted by Gasteiger charge is 2.31. The lowest BCUT2D eigenvalue weighted by Gasteiger charge is -2.38. The Labute approximate surface area is 187 Å². The van der Waals surface area contributed by atoms with Gasteiger partial charge in [-0.2, -0.15) is 0 Å². The molecule has 0 heterocycles. The predicted molar refractivity (Wildman–Crippen MR) is 130 cm³/mol. The van der Waals surface area contributed by atoms with Crippen molar-refractivity contribution in [3.05, 3.63) is 29.8 Å². The van der Waals surface area contributed by atoms with Crippen LogP contribution in [0, 0.1) is 17.8 Å². The number of unbranched alkanes of at least 4 members (excludes halogenated alkanes) is 5. The summed E-state index contributed by atoms with van der Waals surface area (Å²) in [6.45, 7) is 5.45.